The van der Waals surface area contributed by atoms with Gasteiger partial charge in [0.15, 0.2) is 0 Å². The molecule has 0 aliphatic heterocycles. The summed E-state index contributed by atoms with van der Waals surface area (Å²) in [5.74, 6) is 1.50. The van der Waals surface area contributed by atoms with E-state index in [2.05, 4.69) is 58.9 Å². The molecule has 0 saturated carbocycles. The van der Waals surface area contributed by atoms with E-state index in [0.717, 1.165) is 47.3 Å². The van der Waals surface area contributed by atoms with Crippen LogP contribution in [-0.2, 0) is 11.2 Å². The van der Waals surface area contributed by atoms with Gasteiger partial charge in [0.05, 0.1) is 5.41 Å². The number of benzene rings is 2. The number of hydrogen-bond acceptors (Lipinski definition) is 3. The molecule has 0 unspecified atom stereocenters. The molecule has 0 saturated heterocycles. The minimum absolute atomic E-state index is 0.175. The molecule has 0 aliphatic carbocycles. The number of hydrogen-bond donors (Lipinski definition) is 0. The van der Waals surface area contributed by atoms with Gasteiger partial charge in [-0.05, 0) is 108 Å². The maximum absolute atomic E-state index is 12.5. The van der Waals surface area contributed by atoms with Gasteiger partial charge in [0, 0.05) is 0 Å². The van der Waals surface area contributed by atoms with Crippen molar-refractivity contribution in [1.82, 2.24) is 0 Å². The zero-order valence-corrected chi connectivity index (χ0v) is 21.2. The van der Waals surface area contributed by atoms with Crippen LogP contribution in [0.15, 0.2) is 24.3 Å². The summed E-state index contributed by atoms with van der Waals surface area (Å²) >= 11 is 0. The third kappa shape index (κ3) is 6.12. The van der Waals surface area contributed by atoms with E-state index in [-0.39, 0.29) is 11.6 Å². The van der Waals surface area contributed by atoms with Crippen LogP contribution in [0, 0.1) is 33.1 Å². The van der Waals surface area contributed by atoms with Gasteiger partial charge in [-0.25, -0.2) is 0 Å². The summed E-state index contributed by atoms with van der Waals surface area (Å²) in [7, 11) is 0. The van der Waals surface area contributed by atoms with E-state index in [1.54, 1.807) is 0 Å². The fraction of sp³-hybridized carbons (Fsp3) is 0.536. The van der Waals surface area contributed by atoms with Gasteiger partial charge in [-0.2, -0.15) is 0 Å². The Kier molecular flexibility index (Phi) is 7.62. The highest BCUT2D eigenvalue weighted by Gasteiger charge is 2.28. The molecule has 31 heavy (non-hydrogen) atoms. The largest absolute Gasteiger partial charge is 0.487 e. The van der Waals surface area contributed by atoms with Crippen molar-refractivity contribution in [2.24, 2.45) is 5.41 Å². The van der Waals surface area contributed by atoms with E-state index in [4.69, 9.17) is 9.47 Å². The topological polar surface area (TPSA) is 35.5 Å². The van der Waals surface area contributed by atoms with Gasteiger partial charge in [0.25, 0.3) is 0 Å². The standard InChI is InChI=1S/C28H40O3/c1-11-27(7,8)26(29)30-24-18(3)13-22(14-19(24)4)17-23-15-20(5)25(21(6)16-23)31-28(9,10)12-2/h13-16H,11-12,17H2,1-10H3. The van der Waals surface area contributed by atoms with Crippen LogP contribution in [0.1, 0.15) is 87.8 Å². The van der Waals surface area contributed by atoms with E-state index in [0.29, 0.717) is 5.75 Å². The first-order valence-electron chi connectivity index (χ1n) is 11.4. The fourth-order valence-electron chi connectivity index (χ4n) is 3.57. The lowest BCUT2D eigenvalue weighted by Gasteiger charge is -2.27. The lowest BCUT2D eigenvalue weighted by molar-refractivity contribution is -0.144. The molecule has 0 bridgehead atoms. The number of ether oxygens (including phenoxy) is 2. The first-order valence-corrected chi connectivity index (χ1v) is 11.4. The zero-order valence-electron chi connectivity index (χ0n) is 21.2. The van der Waals surface area contributed by atoms with Crippen LogP contribution in [0.5, 0.6) is 11.5 Å². The van der Waals surface area contributed by atoms with Gasteiger partial charge in [-0.3, -0.25) is 4.79 Å². The summed E-state index contributed by atoms with van der Waals surface area (Å²) in [5.41, 5.74) is 6.13. The predicted octanol–water partition coefficient (Wildman–Crippen LogP) is 7.42. The Morgan fingerprint density at radius 2 is 1.16 bits per heavy atom. The van der Waals surface area contributed by atoms with Crippen molar-refractivity contribution >= 4 is 5.97 Å². The quantitative estimate of drug-likeness (QED) is 0.327. The summed E-state index contributed by atoms with van der Waals surface area (Å²) in [5, 5.41) is 0. The van der Waals surface area contributed by atoms with Gasteiger partial charge in [-0.15, -0.1) is 0 Å². The molecule has 2 aromatic carbocycles. The normalized spacial score (nSPS) is 12.1. The monoisotopic (exact) mass is 424 g/mol. The Balaban J connectivity index is 2.27. The van der Waals surface area contributed by atoms with Crippen LogP contribution in [0.3, 0.4) is 0 Å². The molecule has 0 heterocycles. The molecular formula is C28H40O3. The number of carbonyl (C=O) groups excluding carboxylic acids is 1. The molecule has 0 amide bonds. The van der Waals surface area contributed by atoms with Gasteiger partial charge in [0.2, 0.25) is 0 Å². The van der Waals surface area contributed by atoms with Crippen molar-refractivity contribution in [3.63, 3.8) is 0 Å². The SMILES string of the molecule is CCC(C)(C)Oc1c(C)cc(Cc2cc(C)c(OC(=O)C(C)(C)CC)c(C)c2)cc1C. The molecule has 0 spiro atoms. The summed E-state index contributed by atoms with van der Waals surface area (Å²) in [6.45, 7) is 20.5. The summed E-state index contributed by atoms with van der Waals surface area (Å²) in [4.78, 5) is 12.5. The molecule has 3 heteroatoms. The van der Waals surface area contributed by atoms with Crippen LogP contribution in [0.4, 0.5) is 0 Å². The minimum atomic E-state index is -0.483. The lowest BCUT2D eigenvalue weighted by Crippen LogP contribution is -2.28. The van der Waals surface area contributed by atoms with Crippen LogP contribution in [-0.4, -0.2) is 11.6 Å². The molecule has 0 aromatic heterocycles. The summed E-state index contributed by atoms with van der Waals surface area (Å²) in [6.07, 6.45) is 2.53. The van der Waals surface area contributed by atoms with E-state index < -0.39 is 5.41 Å². The van der Waals surface area contributed by atoms with Crippen molar-refractivity contribution < 1.29 is 14.3 Å². The third-order valence-corrected chi connectivity index (χ3v) is 6.31. The van der Waals surface area contributed by atoms with Gasteiger partial charge in [-0.1, -0.05) is 38.1 Å². The van der Waals surface area contributed by atoms with Crippen LogP contribution in [0.2, 0.25) is 0 Å². The Morgan fingerprint density at radius 1 is 0.742 bits per heavy atom. The van der Waals surface area contributed by atoms with Crippen molar-refractivity contribution in [2.45, 2.75) is 94.1 Å². The van der Waals surface area contributed by atoms with Crippen molar-refractivity contribution in [3.05, 3.63) is 57.6 Å². The average molecular weight is 425 g/mol. The Bertz CT molecular complexity index is 905. The number of carbonyl (C=O) groups is 1. The molecule has 0 N–H and O–H groups in total. The second-order valence-corrected chi connectivity index (χ2v) is 10.1. The van der Waals surface area contributed by atoms with Crippen molar-refractivity contribution in [3.8, 4) is 11.5 Å². The zero-order chi connectivity index (χ0) is 23.6. The second-order valence-electron chi connectivity index (χ2n) is 10.1. The molecule has 0 fully saturated rings. The third-order valence-electron chi connectivity index (χ3n) is 6.31. The highest BCUT2D eigenvalue weighted by molar-refractivity contribution is 5.79. The first-order chi connectivity index (χ1) is 14.3. The molecule has 0 aliphatic rings. The maximum atomic E-state index is 12.5. The molecule has 2 rings (SSSR count). The molecule has 2 aromatic rings. The maximum Gasteiger partial charge on any atom is 0.316 e. The first kappa shape index (κ1) is 25.0. The van der Waals surface area contributed by atoms with Gasteiger partial charge >= 0.3 is 5.97 Å². The van der Waals surface area contributed by atoms with E-state index in [9.17, 15) is 4.79 Å². The molecule has 0 atom stereocenters. The van der Waals surface area contributed by atoms with Crippen molar-refractivity contribution in [1.29, 1.82) is 0 Å². The molecule has 3 nitrogen and oxygen atoms in total. The second kappa shape index (κ2) is 9.46. The van der Waals surface area contributed by atoms with Crippen LogP contribution < -0.4 is 9.47 Å². The molecule has 170 valence electrons. The number of aryl methyl sites for hydroxylation is 4. The van der Waals surface area contributed by atoms with Crippen LogP contribution in [0.25, 0.3) is 0 Å². The predicted molar refractivity (Wildman–Crippen MR) is 129 cm³/mol. The number of rotatable bonds is 8. The van der Waals surface area contributed by atoms with Gasteiger partial charge < -0.3 is 9.47 Å². The molecular weight excluding hydrogens is 384 g/mol. The smallest absolute Gasteiger partial charge is 0.316 e. The number of esters is 1. The Labute approximate surface area is 189 Å². The van der Waals surface area contributed by atoms with E-state index in [1.807, 2.05) is 34.6 Å². The fourth-order valence-corrected chi connectivity index (χ4v) is 3.57. The van der Waals surface area contributed by atoms with E-state index in [1.165, 1.54) is 11.1 Å². The average Bonchev–Trinajstić information content (AvgIpc) is 2.67. The van der Waals surface area contributed by atoms with E-state index >= 15 is 0 Å². The molecule has 0 radical (unpaired) electrons. The van der Waals surface area contributed by atoms with Crippen molar-refractivity contribution in [2.75, 3.05) is 0 Å². The highest BCUT2D eigenvalue weighted by Crippen LogP contribution is 2.32. The van der Waals surface area contributed by atoms with Gasteiger partial charge in [0.1, 0.15) is 17.1 Å². The van der Waals surface area contributed by atoms with Crippen LogP contribution >= 0.6 is 0 Å². The Hall–Kier alpha value is -2.29. The highest BCUT2D eigenvalue weighted by atomic mass is 16.5. The lowest BCUT2D eigenvalue weighted by atomic mass is 9.90. The Morgan fingerprint density at radius 3 is 1.55 bits per heavy atom. The summed E-state index contributed by atoms with van der Waals surface area (Å²) in [6, 6.07) is 8.69. The summed E-state index contributed by atoms with van der Waals surface area (Å²) < 4.78 is 12.1. The minimum Gasteiger partial charge on any atom is -0.487 e.